The minimum Gasteiger partial charge on any atom is -0.479 e. The highest BCUT2D eigenvalue weighted by atomic mass is 16.5. The Morgan fingerprint density at radius 3 is 3.05 bits per heavy atom. The summed E-state index contributed by atoms with van der Waals surface area (Å²) in [5.74, 6) is 1.46. The fourth-order valence-corrected chi connectivity index (χ4v) is 2.08. The Kier molecular flexibility index (Phi) is 3.06. The second-order valence-corrected chi connectivity index (χ2v) is 4.81. The number of amides is 1. The lowest BCUT2D eigenvalue weighted by Gasteiger charge is -2.23. The fourth-order valence-electron chi connectivity index (χ4n) is 2.08. The predicted octanol–water partition coefficient (Wildman–Crippen LogP) is 2.05. The summed E-state index contributed by atoms with van der Waals surface area (Å²) < 4.78 is 5.51. The van der Waals surface area contributed by atoms with E-state index in [2.05, 4.69) is 20.6 Å². The van der Waals surface area contributed by atoms with E-state index in [9.17, 15) is 4.79 Å². The highest BCUT2D eigenvalue weighted by Gasteiger charge is 2.23. The smallest absolute Gasteiger partial charge is 0.265 e. The quantitative estimate of drug-likeness (QED) is 0.799. The van der Waals surface area contributed by atoms with E-state index in [1.807, 2.05) is 25.1 Å². The molecule has 3 N–H and O–H groups in total. The molecule has 1 atom stereocenters. The summed E-state index contributed by atoms with van der Waals surface area (Å²) >= 11 is 0. The van der Waals surface area contributed by atoms with E-state index in [0.29, 0.717) is 18.0 Å². The van der Waals surface area contributed by atoms with E-state index < -0.39 is 6.10 Å². The number of aryl methyl sites for hydroxylation is 1. The second-order valence-electron chi connectivity index (χ2n) is 4.81. The third-order valence-corrected chi connectivity index (χ3v) is 3.15. The molecule has 0 bridgehead atoms. The van der Waals surface area contributed by atoms with Crippen LogP contribution in [-0.4, -0.2) is 22.0 Å². The molecule has 0 spiro atoms. The molecule has 1 amide bonds. The van der Waals surface area contributed by atoms with Gasteiger partial charge in [-0.05, 0) is 32.0 Å². The number of fused-ring (bicyclic) bond motifs is 1. The number of aromatic nitrogens is 2. The fraction of sp³-hybridized carbons (Fsp3) is 0.286. The lowest BCUT2D eigenvalue weighted by Crippen LogP contribution is -2.34. The maximum absolute atomic E-state index is 11.6. The van der Waals surface area contributed by atoms with Crippen LogP contribution in [0.4, 0.5) is 11.4 Å². The standard InChI is InChI=1S/C14H16N4O2/c1-8-14(19)18-12-5-10(3-4-13(12)20-8)16-7-11-6-15-9(2)17-11/h3-6,8,16H,7H2,1-2H3,(H,15,17)(H,18,19). The first-order valence-electron chi connectivity index (χ1n) is 6.48. The number of imidazole rings is 1. The molecule has 0 radical (unpaired) electrons. The summed E-state index contributed by atoms with van der Waals surface area (Å²) in [5.41, 5.74) is 2.61. The molecule has 0 saturated carbocycles. The number of H-pyrrole nitrogens is 1. The van der Waals surface area contributed by atoms with Gasteiger partial charge in [-0.15, -0.1) is 0 Å². The Morgan fingerprint density at radius 2 is 2.30 bits per heavy atom. The third kappa shape index (κ3) is 2.45. The zero-order chi connectivity index (χ0) is 14.1. The van der Waals surface area contributed by atoms with Gasteiger partial charge in [0.05, 0.1) is 24.1 Å². The van der Waals surface area contributed by atoms with Crippen molar-refractivity contribution in [1.82, 2.24) is 9.97 Å². The van der Waals surface area contributed by atoms with Crippen LogP contribution in [-0.2, 0) is 11.3 Å². The zero-order valence-electron chi connectivity index (χ0n) is 11.4. The number of benzene rings is 1. The van der Waals surface area contributed by atoms with Crippen LogP contribution in [0.3, 0.4) is 0 Å². The average Bonchev–Trinajstić information content (AvgIpc) is 2.84. The van der Waals surface area contributed by atoms with Crippen molar-refractivity contribution in [2.75, 3.05) is 10.6 Å². The molecule has 104 valence electrons. The summed E-state index contributed by atoms with van der Waals surface area (Å²) in [6, 6.07) is 5.64. The van der Waals surface area contributed by atoms with Crippen molar-refractivity contribution in [3.63, 3.8) is 0 Å². The number of carbonyl (C=O) groups is 1. The van der Waals surface area contributed by atoms with Crippen molar-refractivity contribution < 1.29 is 9.53 Å². The van der Waals surface area contributed by atoms with Gasteiger partial charge in [0.2, 0.25) is 0 Å². The van der Waals surface area contributed by atoms with Crippen molar-refractivity contribution in [1.29, 1.82) is 0 Å². The normalized spacial score (nSPS) is 17.1. The van der Waals surface area contributed by atoms with Gasteiger partial charge in [0.25, 0.3) is 5.91 Å². The van der Waals surface area contributed by atoms with Gasteiger partial charge in [0.15, 0.2) is 6.10 Å². The Hall–Kier alpha value is -2.50. The van der Waals surface area contributed by atoms with Crippen LogP contribution in [0.2, 0.25) is 0 Å². The molecule has 3 rings (SSSR count). The van der Waals surface area contributed by atoms with Gasteiger partial charge in [0.1, 0.15) is 11.6 Å². The van der Waals surface area contributed by atoms with Crippen LogP contribution in [0.1, 0.15) is 18.4 Å². The summed E-state index contributed by atoms with van der Waals surface area (Å²) in [6.45, 7) is 4.28. The molecule has 0 aliphatic carbocycles. The number of anilines is 2. The zero-order valence-corrected chi connectivity index (χ0v) is 11.4. The summed E-state index contributed by atoms with van der Waals surface area (Å²) in [5, 5.41) is 6.10. The maximum Gasteiger partial charge on any atom is 0.265 e. The van der Waals surface area contributed by atoms with Gasteiger partial charge >= 0.3 is 0 Å². The number of ether oxygens (including phenoxy) is 1. The number of carbonyl (C=O) groups excluding carboxylic acids is 1. The Morgan fingerprint density at radius 1 is 1.45 bits per heavy atom. The first kappa shape index (κ1) is 12.5. The van der Waals surface area contributed by atoms with Crippen molar-refractivity contribution in [2.45, 2.75) is 26.5 Å². The monoisotopic (exact) mass is 272 g/mol. The molecule has 2 heterocycles. The highest BCUT2D eigenvalue weighted by molar-refractivity contribution is 5.98. The number of hydrogen-bond acceptors (Lipinski definition) is 4. The summed E-state index contributed by atoms with van der Waals surface area (Å²) in [4.78, 5) is 18.9. The molecule has 6 nitrogen and oxygen atoms in total. The van der Waals surface area contributed by atoms with Crippen LogP contribution in [0.25, 0.3) is 0 Å². The van der Waals surface area contributed by atoms with E-state index in [4.69, 9.17) is 4.74 Å². The molecule has 1 aromatic heterocycles. The van der Waals surface area contributed by atoms with Crippen molar-refractivity contribution in [2.24, 2.45) is 0 Å². The van der Waals surface area contributed by atoms with Crippen LogP contribution in [0.5, 0.6) is 5.75 Å². The molecular formula is C14H16N4O2. The van der Waals surface area contributed by atoms with Crippen LogP contribution in [0.15, 0.2) is 24.4 Å². The molecule has 1 aliphatic rings. The summed E-state index contributed by atoms with van der Waals surface area (Å²) in [6.07, 6.45) is 1.35. The van der Waals surface area contributed by atoms with Crippen molar-refractivity contribution in [3.05, 3.63) is 35.9 Å². The average molecular weight is 272 g/mol. The molecule has 20 heavy (non-hydrogen) atoms. The first-order chi connectivity index (χ1) is 9.61. The second kappa shape index (κ2) is 4.88. The van der Waals surface area contributed by atoms with Crippen LogP contribution in [0, 0.1) is 6.92 Å². The van der Waals surface area contributed by atoms with Crippen molar-refractivity contribution >= 4 is 17.3 Å². The van der Waals surface area contributed by atoms with Crippen LogP contribution < -0.4 is 15.4 Å². The molecule has 1 aliphatic heterocycles. The molecular weight excluding hydrogens is 256 g/mol. The number of aromatic amines is 1. The number of nitrogens with one attached hydrogen (secondary N) is 3. The minimum atomic E-state index is -0.450. The summed E-state index contributed by atoms with van der Waals surface area (Å²) in [7, 11) is 0. The minimum absolute atomic E-state index is 0.126. The molecule has 2 aromatic rings. The Balaban J connectivity index is 1.72. The highest BCUT2D eigenvalue weighted by Crippen LogP contribution is 2.32. The van der Waals surface area contributed by atoms with E-state index >= 15 is 0 Å². The predicted molar refractivity (Wildman–Crippen MR) is 75.8 cm³/mol. The lowest BCUT2D eigenvalue weighted by molar-refractivity contribution is -0.122. The molecule has 0 saturated heterocycles. The van der Waals surface area contributed by atoms with E-state index in [0.717, 1.165) is 17.2 Å². The van der Waals surface area contributed by atoms with Gasteiger partial charge in [-0.2, -0.15) is 0 Å². The van der Waals surface area contributed by atoms with Gasteiger partial charge in [-0.3, -0.25) is 4.79 Å². The van der Waals surface area contributed by atoms with Gasteiger partial charge < -0.3 is 20.4 Å². The third-order valence-electron chi connectivity index (χ3n) is 3.15. The maximum atomic E-state index is 11.6. The molecule has 0 fully saturated rings. The molecule has 1 aromatic carbocycles. The number of rotatable bonds is 3. The Labute approximate surface area is 116 Å². The van der Waals surface area contributed by atoms with E-state index in [1.54, 1.807) is 13.1 Å². The van der Waals surface area contributed by atoms with Gasteiger partial charge in [-0.25, -0.2) is 4.98 Å². The van der Waals surface area contributed by atoms with Crippen molar-refractivity contribution in [3.8, 4) is 5.75 Å². The lowest BCUT2D eigenvalue weighted by atomic mass is 10.2. The molecule has 6 heteroatoms. The van der Waals surface area contributed by atoms with E-state index in [-0.39, 0.29) is 5.91 Å². The molecule has 1 unspecified atom stereocenters. The van der Waals surface area contributed by atoms with Crippen LogP contribution >= 0.6 is 0 Å². The topological polar surface area (TPSA) is 79.0 Å². The SMILES string of the molecule is Cc1ncc(CNc2ccc3c(c2)NC(=O)C(C)O3)[nH]1. The van der Waals surface area contributed by atoms with Gasteiger partial charge in [-0.1, -0.05) is 0 Å². The largest absolute Gasteiger partial charge is 0.479 e. The number of nitrogens with zero attached hydrogens (tertiary/aromatic N) is 1. The van der Waals surface area contributed by atoms with Gasteiger partial charge in [0, 0.05) is 5.69 Å². The van der Waals surface area contributed by atoms with E-state index in [1.165, 1.54) is 0 Å². The number of hydrogen-bond donors (Lipinski definition) is 3. The first-order valence-corrected chi connectivity index (χ1v) is 6.48. The Bertz CT molecular complexity index is 650.